The van der Waals surface area contributed by atoms with E-state index in [0.717, 1.165) is 64.2 Å². The number of ether oxygens (including phenoxy) is 2. The summed E-state index contributed by atoms with van der Waals surface area (Å²) in [5.41, 5.74) is 13.5. The molecule has 0 fully saturated rings. The molecule has 0 amide bonds. The average Bonchev–Trinajstić information content (AvgIpc) is 3.26. The first-order valence-electron chi connectivity index (χ1n) is 12.8. The summed E-state index contributed by atoms with van der Waals surface area (Å²) in [4.78, 5) is 16.9. The number of hydrogen-bond donors (Lipinski definition) is 2. The molecule has 0 radical (unpaired) electrons. The lowest BCUT2D eigenvalue weighted by Gasteiger charge is -2.28. The summed E-state index contributed by atoms with van der Waals surface area (Å²) in [6.07, 6.45) is 2.69. The van der Waals surface area contributed by atoms with E-state index in [1.807, 2.05) is 25.1 Å². The van der Waals surface area contributed by atoms with Crippen molar-refractivity contribution in [2.45, 2.75) is 33.1 Å². The number of fused-ring (bicyclic) bond motifs is 3. The van der Waals surface area contributed by atoms with Gasteiger partial charge in [0.2, 0.25) is 5.95 Å². The zero-order valence-corrected chi connectivity index (χ0v) is 21.4. The van der Waals surface area contributed by atoms with Crippen LogP contribution >= 0.6 is 0 Å². The van der Waals surface area contributed by atoms with Gasteiger partial charge in [0.15, 0.2) is 0 Å². The van der Waals surface area contributed by atoms with Crippen molar-refractivity contribution in [1.82, 2.24) is 19.9 Å². The van der Waals surface area contributed by atoms with E-state index in [-0.39, 0.29) is 0 Å². The Balaban J connectivity index is 1.29. The van der Waals surface area contributed by atoms with Gasteiger partial charge in [-0.1, -0.05) is 19.1 Å². The third kappa shape index (κ3) is 4.57. The van der Waals surface area contributed by atoms with Gasteiger partial charge in [0.1, 0.15) is 17.3 Å². The molecule has 0 saturated heterocycles. The highest BCUT2D eigenvalue weighted by atomic mass is 16.5. The molecule has 7 heteroatoms. The van der Waals surface area contributed by atoms with Gasteiger partial charge in [0.25, 0.3) is 0 Å². The largest absolute Gasteiger partial charge is 0.497 e. The average molecular weight is 494 g/mol. The highest BCUT2D eigenvalue weighted by molar-refractivity contribution is 5.84. The fourth-order valence-corrected chi connectivity index (χ4v) is 5.52. The van der Waals surface area contributed by atoms with Crippen LogP contribution in [-0.2, 0) is 12.8 Å². The third-order valence-electron chi connectivity index (χ3n) is 7.54. The van der Waals surface area contributed by atoms with E-state index in [0.29, 0.717) is 24.4 Å². The number of rotatable bonds is 4. The normalized spacial score (nSPS) is 17.7. The number of nitrogens with zero attached hydrogens (tertiary/aromatic N) is 3. The Hall–Kier alpha value is -4.13. The summed E-state index contributed by atoms with van der Waals surface area (Å²) in [6.45, 7) is 4.98. The zero-order chi connectivity index (χ0) is 25.5. The van der Waals surface area contributed by atoms with Gasteiger partial charge >= 0.3 is 0 Å². The minimum absolute atomic E-state index is 0.307. The Morgan fingerprint density at radius 3 is 2.68 bits per heavy atom. The summed E-state index contributed by atoms with van der Waals surface area (Å²) < 4.78 is 11.7. The van der Waals surface area contributed by atoms with Crippen LogP contribution in [0.2, 0.25) is 0 Å². The number of anilines is 1. The van der Waals surface area contributed by atoms with Crippen LogP contribution in [0.15, 0.2) is 54.6 Å². The van der Waals surface area contributed by atoms with Crippen molar-refractivity contribution >= 4 is 27.9 Å². The van der Waals surface area contributed by atoms with Gasteiger partial charge in [-0.25, -0.2) is 15.0 Å². The molecule has 0 saturated carbocycles. The number of nitrogen functional groups attached to an aromatic ring is 1. The van der Waals surface area contributed by atoms with Crippen LogP contribution in [0.3, 0.4) is 0 Å². The summed E-state index contributed by atoms with van der Waals surface area (Å²) >= 11 is 0. The van der Waals surface area contributed by atoms with Gasteiger partial charge in [0, 0.05) is 5.39 Å². The van der Waals surface area contributed by atoms with Crippen LogP contribution < -0.4 is 15.2 Å². The van der Waals surface area contributed by atoms with Gasteiger partial charge in [-0.05, 0) is 97.2 Å². The van der Waals surface area contributed by atoms with Crippen molar-refractivity contribution in [3.05, 3.63) is 71.7 Å². The maximum Gasteiger partial charge on any atom is 0.220 e. The Morgan fingerprint density at radius 2 is 1.81 bits per heavy atom. The zero-order valence-electron chi connectivity index (χ0n) is 21.4. The second-order valence-corrected chi connectivity index (χ2v) is 10.1. The molecule has 0 aliphatic carbocycles. The minimum Gasteiger partial charge on any atom is -0.497 e. The molecule has 3 aromatic carbocycles. The predicted molar refractivity (Wildman–Crippen MR) is 147 cm³/mol. The summed E-state index contributed by atoms with van der Waals surface area (Å²) in [7, 11) is 1.67. The molecular weight excluding hydrogens is 462 g/mol. The first kappa shape index (κ1) is 23.3. The lowest BCUT2D eigenvalue weighted by molar-refractivity contribution is 0.221. The van der Waals surface area contributed by atoms with E-state index < -0.39 is 0 Å². The standard InChI is InChI=1S/C30H31N5O2/c1-17-12-22-13-20(21-4-7-26-28(15-21)33-18(2)32-26)5-9-29(22)37-11-10-19(17)14-27-24-16-23(36-3)6-8-25(24)34-30(31)35-27/h4-9,13,15-17,19H,10-12,14H2,1-3H3,(H,32,33)(H2,31,34,35). The van der Waals surface area contributed by atoms with Crippen LogP contribution in [0.4, 0.5) is 5.95 Å². The number of imidazole rings is 1. The van der Waals surface area contributed by atoms with Crippen LogP contribution in [0.5, 0.6) is 11.5 Å². The van der Waals surface area contributed by atoms with Crippen LogP contribution in [0.25, 0.3) is 33.1 Å². The Bertz CT molecular complexity index is 1610. The quantitative estimate of drug-likeness (QED) is 0.324. The van der Waals surface area contributed by atoms with E-state index in [9.17, 15) is 0 Å². The van der Waals surface area contributed by atoms with Gasteiger partial charge < -0.3 is 20.2 Å². The third-order valence-corrected chi connectivity index (χ3v) is 7.54. The lowest BCUT2D eigenvalue weighted by Crippen LogP contribution is -2.23. The van der Waals surface area contributed by atoms with Crippen molar-refractivity contribution < 1.29 is 9.47 Å². The molecule has 37 heavy (non-hydrogen) atoms. The van der Waals surface area contributed by atoms with E-state index in [4.69, 9.17) is 15.2 Å². The number of nitrogens with one attached hydrogen (secondary N) is 1. The molecule has 3 heterocycles. The number of aromatic nitrogens is 4. The van der Waals surface area contributed by atoms with Crippen molar-refractivity contribution in [2.24, 2.45) is 11.8 Å². The number of methoxy groups -OCH3 is 1. The number of benzene rings is 3. The van der Waals surface area contributed by atoms with Crippen molar-refractivity contribution in [2.75, 3.05) is 19.5 Å². The molecule has 2 atom stereocenters. The number of aromatic amines is 1. The first-order valence-corrected chi connectivity index (χ1v) is 12.8. The van der Waals surface area contributed by atoms with Gasteiger partial charge in [-0.3, -0.25) is 0 Å². The molecule has 0 spiro atoms. The Morgan fingerprint density at radius 1 is 1.00 bits per heavy atom. The second-order valence-electron chi connectivity index (χ2n) is 10.1. The van der Waals surface area contributed by atoms with E-state index in [2.05, 4.69) is 63.3 Å². The van der Waals surface area contributed by atoms with E-state index in [1.165, 1.54) is 16.7 Å². The number of aryl methyl sites for hydroxylation is 1. The van der Waals surface area contributed by atoms with Gasteiger partial charge in [-0.15, -0.1) is 0 Å². The monoisotopic (exact) mass is 493 g/mol. The molecule has 7 nitrogen and oxygen atoms in total. The van der Waals surface area contributed by atoms with Gasteiger partial charge in [-0.2, -0.15) is 0 Å². The maximum absolute atomic E-state index is 6.26. The summed E-state index contributed by atoms with van der Waals surface area (Å²) in [6, 6.07) is 18.8. The summed E-state index contributed by atoms with van der Waals surface area (Å²) in [5.74, 6) is 3.84. The Labute approximate surface area is 216 Å². The number of hydrogen-bond acceptors (Lipinski definition) is 6. The predicted octanol–water partition coefficient (Wildman–Crippen LogP) is 5.89. The topological polar surface area (TPSA) is 98.9 Å². The van der Waals surface area contributed by atoms with E-state index in [1.54, 1.807) is 7.11 Å². The number of nitrogens with two attached hydrogens (primary N) is 1. The van der Waals surface area contributed by atoms with E-state index >= 15 is 0 Å². The summed E-state index contributed by atoms with van der Waals surface area (Å²) in [5, 5.41) is 0.996. The lowest BCUT2D eigenvalue weighted by atomic mass is 9.81. The molecule has 5 aromatic rings. The minimum atomic E-state index is 0.307. The molecular formula is C30H31N5O2. The SMILES string of the molecule is COc1ccc2nc(N)nc(CC3CCOc4ccc(-c5ccc6nc(C)[nH]c6c5)cc4CC3C)c2c1. The number of H-pyrrole nitrogens is 1. The molecule has 3 N–H and O–H groups in total. The molecule has 2 unspecified atom stereocenters. The highest BCUT2D eigenvalue weighted by Crippen LogP contribution is 2.35. The highest BCUT2D eigenvalue weighted by Gasteiger charge is 2.25. The molecule has 6 rings (SSSR count). The van der Waals surface area contributed by atoms with Crippen LogP contribution in [0.1, 0.15) is 30.4 Å². The molecule has 2 aromatic heterocycles. The Kier molecular flexibility index (Phi) is 5.91. The second kappa shape index (κ2) is 9.39. The van der Waals surface area contributed by atoms with Crippen molar-refractivity contribution in [3.8, 4) is 22.6 Å². The van der Waals surface area contributed by atoms with Crippen molar-refractivity contribution in [1.29, 1.82) is 0 Å². The van der Waals surface area contributed by atoms with Crippen molar-refractivity contribution in [3.63, 3.8) is 0 Å². The van der Waals surface area contributed by atoms with Crippen LogP contribution in [0, 0.1) is 18.8 Å². The van der Waals surface area contributed by atoms with Crippen LogP contribution in [-0.4, -0.2) is 33.7 Å². The fourth-order valence-electron chi connectivity index (χ4n) is 5.52. The van der Waals surface area contributed by atoms with Gasteiger partial charge in [0.05, 0.1) is 36.0 Å². The molecule has 1 aliphatic rings. The molecule has 188 valence electrons. The maximum atomic E-state index is 6.26. The molecule has 1 aliphatic heterocycles. The fraction of sp³-hybridized carbons (Fsp3) is 0.300. The first-order chi connectivity index (χ1) is 18.0. The smallest absolute Gasteiger partial charge is 0.220 e. The molecule has 0 bridgehead atoms.